The Labute approximate surface area is 101 Å². The molecule has 3 heteroatoms. The molecular formula is C13H18N2S. The maximum Gasteiger partial charge on any atom is 0.0505 e. The molecule has 2 N–H and O–H groups in total. The van der Waals surface area contributed by atoms with E-state index in [0.29, 0.717) is 0 Å². The van der Waals surface area contributed by atoms with E-state index in [1.54, 1.807) is 11.3 Å². The molecule has 86 valence electrons. The molecule has 0 aliphatic heterocycles. The Morgan fingerprint density at radius 1 is 1.38 bits per heavy atom. The Morgan fingerprint density at radius 2 is 2.12 bits per heavy atom. The molecule has 2 heterocycles. The highest BCUT2D eigenvalue weighted by Crippen LogP contribution is 2.26. The van der Waals surface area contributed by atoms with Gasteiger partial charge in [0.15, 0.2) is 0 Å². The average molecular weight is 234 g/mol. The van der Waals surface area contributed by atoms with E-state index in [1.165, 1.54) is 10.1 Å². The molecule has 1 atom stereocenters. The summed E-state index contributed by atoms with van der Waals surface area (Å²) in [6.45, 7) is 6.52. The smallest absolute Gasteiger partial charge is 0.0505 e. The van der Waals surface area contributed by atoms with Crippen molar-refractivity contribution in [3.8, 4) is 0 Å². The number of rotatable bonds is 2. The summed E-state index contributed by atoms with van der Waals surface area (Å²) in [5.41, 5.74) is 7.46. The van der Waals surface area contributed by atoms with E-state index in [-0.39, 0.29) is 11.5 Å². The van der Waals surface area contributed by atoms with Crippen molar-refractivity contribution >= 4 is 21.4 Å². The van der Waals surface area contributed by atoms with Crippen molar-refractivity contribution in [3.05, 3.63) is 29.4 Å². The molecule has 0 aliphatic carbocycles. The van der Waals surface area contributed by atoms with Gasteiger partial charge >= 0.3 is 0 Å². The Balaban J connectivity index is 2.31. The summed E-state index contributed by atoms with van der Waals surface area (Å²) in [5.74, 6) is 0. The van der Waals surface area contributed by atoms with Gasteiger partial charge in [0.25, 0.3) is 0 Å². The molecule has 0 fully saturated rings. The van der Waals surface area contributed by atoms with Gasteiger partial charge < -0.3 is 5.73 Å². The van der Waals surface area contributed by atoms with E-state index in [9.17, 15) is 0 Å². The fourth-order valence-corrected chi connectivity index (χ4v) is 2.43. The zero-order valence-electron chi connectivity index (χ0n) is 10.0. The summed E-state index contributed by atoms with van der Waals surface area (Å²) >= 11 is 1.76. The molecule has 2 aromatic rings. The van der Waals surface area contributed by atoms with Gasteiger partial charge in [0.05, 0.1) is 5.69 Å². The summed E-state index contributed by atoms with van der Waals surface area (Å²) in [6, 6.07) is 4.34. The molecule has 2 rings (SSSR count). The minimum Gasteiger partial charge on any atom is -0.327 e. The van der Waals surface area contributed by atoms with Crippen LogP contribution in [0, 0.1) is 5.41 Å². The second-order valence-electron chi connectivity index (χ2n) is 5.27. The predicted molar refractivity (Wildman–Crippen MR) is 70.8 cm³/mol. The highest BCUT2D eigenvalue weighted by molar-refractivity contribution is 7.17. The molecule has 1 unspecified atom stereocenters. The van der Waals surface area contributed by atoms with Crippen LogP contribution in [0.1, 0.15) is 26.5 Å². The first kappa shape index (κ1) is 11.6. The van der Waals surface area contributed by atoms with Crippen molar-refractivity contribution in [1.29, 1.82) is 0 Å². The van der Waals surface area contributed by atoms with Crippen LogP contribution in [0.15, 0.2) is 23.7 Å². The van der Waals surface area contributed by atoms with Crippen LogP contribution in [0.25, 0.3) is 10.1 Å². The molecule has 0 radical (unpaired) electrons. The van der Waals surface area contributed by atoms with Crippen LogP contribution >= 0.6 is 11.3 Å². The van der Waals surface area contributed by atoms with Crippen molar-refractivity contribution in [3.63, 3.8) is 0 Å². The van der Waals surface area contributed by atoms with Gasteiger partial charge in [-0.25, -0.2) is 0 Å². The quantitative estimate of drug-likeness (QED) is 0.866. The highest BCUT2D eigenvalue weighted by atomic mass is 32.1. The zero-order valence-corrected chi connectivity index (χ0v) is 10.8. The fraction of sp³-hybridized carbons (Fsp3) is 0.462. The summed E-state index contributed by atoms with van der Waals surface area (Å²) < 4.78 is 1.30. The van der Waals surface area contributed by atoms with Crippen LogP contribution in [0.4, 0.5) is 0 Å². The molecule has 16 heavy (non-hydrogen) atoms. The lowest BCUT2D eigenvalue weighted by atomic mass is 9.84. The van der Waals surface area contributed by atoms with E-state index < -0.39 is 0 Å². The minimum absolute atomic E-state index is 0.125. The topological polar surface area (TPSA) is 38.9 Å². The molecular weight excluding hydrogens is 216 g/mol. The van der Waals surface area contributed by atoms with Crippen molar-refractivity contribution < 1.29 is 0 Å². The molecule has 0 spiro atoms. The number of thiophene rings is 1. The van der Waals surface area contributed by atoms with E-state index in [0.717, 1.165) is 12.1 Å². The third kappa shape index (κ3) is 2.25. The van der Waals surface area contributed by atoms with Gasteiger partial charge in [-0.2, -0.15) is 0 Å². The van der Waals surface area contributed by atoms with Crippen LogP contribution in [0.5, 0.6) is 0 Å². The van der Waals surface area contributed by atoms with Gasteiger partial charge in [0, 0.05) is 28.7 Å². The van der Waals surface area contributed by atoms with E-state index in [2.05, 4.69) is 43.3 Å². The first-order chi connectivity index (χ1) is 7.48. The average Bonchev–Trinajstić information content (AvgIpc) is 2.65. The third-order valence-corrected chi connectivity index (χ3v) is 3.87. The van der Waals surface area contributed by atoms with Gasteiger partial charge in [0.2, 0.25) is 0 Å². The van der Waals surface area contributed by atoms with Gasteiger partial charge in [-0.1, -0.05) is 20.8 Å². The lowest BCUT2D eigenvalue weighted by Crippen LogP contribution is -2.37. The highest BCUT2D eigenvalue weighted by Gasteiger charge is 2.22. The van der Waals surface area contributed by atoms with Crippen molar-refractivity contribution in [2.24, 2.45) is 11.1 Å². The summed E-state index contributed by atoms with van der Waals surface area (Å²) in [5, 5.41) is 3.37. The van der Waals surface area contributed by atoms with Crippen LogP contribution in [0.2, 0.25) is 0 Å². The molecule has 0 aromatic carbocycles. The summed E-state index contributed by atoms with van der Waals surface area (Å²) in [6.07, 6.45) is 2.72. The third-order valence-electron chi connectivity index (χ3n) is 2.99. The number of hydrogen-bond donors (Lipinski definition) is 1. The number of pyridine rings is 1. The molecule has 2 aromatic heterocycles. The number of fused-ring (bicyclic) bond motifs is 1. The zero-order chi connectivity index (χ0) is 11.8. The number of aromatic nitrogens is 1. The number of hydrogen-bond acceptors (Lipinski definition) is 3. The molecule has 2 nitrogen and oxygen atoms in total. The van der Waals surface area contributed by atoms with Gasteiger partial charge in [-0.3, -0.25) is 4.98 Å². The lowest BCUT2D eigenvalue weighted by Gasteiger charge is -2.26. The van der Waals surface area contributed by atoms with Crippen LogP contribution in [-0.4, -0.2) is 11.0 Å². The van der Waals surface area contributed by atoms with E-state index >= 15 is 0 Å². The Kier molecular flexibility index (Phi) is 3.00. The largest absolute Gasteiger partial charge is 0.327 e. The monoisotopic (exact) mass is 234 g/mol. The van der Waals surface area contributed by atoms with Gasteiger partial charge in [-0.15, -0.1) is 11.3 Å². The first-order valence-corrected chi connectivity index (χ1v) is 6.43. The SMILES string of the molecule is CC(C)(C)C(N)Cc1nccc2sccc12. The molecule has 0 bridgehead atoms. The number of nitrogens with zero attached hydrogens (tertiary/aromatic N) is 1. The lowest BCUT2D eigenvalue weighted by molar-refractivity contribution is 0.317. The van der Waals surface area contributed by atoms with Crippen LogP contribution < -0.4 is 5.73 Å². The van der Waals surface area contributed by atoms with Gasteiger partial charge in [-0.05, 0) is 22.9 Å². The maximum atomic E-state index is 6.21. The standard InChI is InChI=1S/C13H18N2S/c1-13(2,3)12(14)8-10-9-5-7-16-11(9)4-6-15-10/h4-7,12H,8,14H2,1-3H3. The van der Waals surface area contributed by atoms with Gasteiger partial charge in [0.1, 0.15) is 0 Å². The van der Waals surface area contributed by atoms with E-state index in [1.807, 2.05) is 6.20 Å². The van der Waals surface area contributed by atoms with Crippen molar-refractivity contribution in [2.45, 2.75) is 33.2 Å². The molecule has 0 saturated carbocycles. The summed E-state index contributed by atoms with van der Waals surface area (Å²) in [4.78, 5) is 4.46. The van der Waals surface area contributed by atoms with Crippen molar-refractivity contribution in [1.82, 2.24) is 4.98 Å². The molecule has 0 aliphatic rings. The molecule has 0 amide bonds. The summed E-state index contributed by atoms with van der Waals surface area (Å²) in [7, 11) is 0. The van der Waals surface area contributed by atoms with Crippen LogP contribution in [-0.2, 0) is 6.42 Å². The first-order valence-electron chi connectivity index (χ1n) is 5.55. The maximum absolute atomic E-state index is 6.21. The Bertz CT molecular complexity index is 482. The normalized spacial score (nSPS) is 14.2. The molecule has 0 saturated heterocycles. The minimum atomic E-state index is 0.125. The predicted octanol–water partition coefficient (Wildman–Crippen LogP) is 3.21. The van der Waals surface area contributed by atoms with Crippen molar-refractivity contribution in [2.75, 3.05) is 0 Å². The number of nitrogens with two attached hydrogens (primary N) is 1. The Morgan fingerprint density at radius 3 is 2.81 bits per heavy atom. The second kappa shape index (κ2) is 4.15. The van der Waals surface area contributed by atoms with Crippen LogP contribution in [0.3, 0.4) is 0 Å². The van der Waals surface area contributed by atoms with E-state index in [4.69, 9.17) is 5.73 Å². The Hall–Kier alpha value is -0.930. The second-order valence-corrected chi connectivity index (χ2v) is 6.21. The fourth-order valence-electron chi connectivity index (χ4n) is 1.63.